The summed E-state index contributed by atoms with van der Waals surface area (Å²) in [4.78, 5) is 12.1. The second-order valence-electron chi connectivity index (χ2n) is 2.33. The minimum Gasteiger partial charge on any atom is -0.394 e. The smallest absolute Gasteiger partial charge is 0.224 e. The monoisotopic (exact) mass is 147 g/mol. The molecule has 4 heteroatoms. The SMILES string of the molecule is CN(C)C(=O)C[C@@H](O)CO. The zero-order chi connectivity index (χ0) is 8.15. The normalized spacial score (nSPS) is 12.8. The minimum atomic E-state index is -0.921. The summed E-state index contributed by atoms with van der Waals surface area (Å²) in [5.41, 5.74) is 0. The third kappa shape index (κ3) is 3.42. The summed E-state index contributed by atoms with van der Waals surface area (Å²) in [5, 5.41) is 17.1. The maximum absolute atomic E-state index is 10.8. The Morgan fingerprint density at radius 2 is 2.10 bits per heavy atom. The van der Waals surface area contributed by atoms with Gasteiger partial charge in [0.25, 0.3) is 0 Å². The van der Waals surface area contributed by atoms with Crippen LogP contribution in [0.5, 0.6) is 0 Å². The molecule has 10 heavy (non-hydrogen) atoms. The van der Waals surface area contributed by atoms with Gasteiger partial charge in [-0.3, -0.25) is 4.79 Å². The number of carbonyl (C=O) groups is 1. The van der Waals surface area contributed by atoms with E-state index in [2.05, 4.69) is 0 Å². The third-order valence-corrected chi connectivity index (χ3v) is 1.12. The van der Waals surface area contributed by atoms with Crippen molar-refractivity contribution < 1.29 is 15.0 Å². The van der Waals surface area contributed by atoms with E-state index >= 15 is 0 Å². The van der Waals surface area contributed by atoms with Gasteiger partial charge in [0, 0.05) is 14.1 Å². The van der Waals surface area contributed by atoms with Crippen molar-refractivity contribution in [1.29, 1.82) is 0 Å². The van der Waals surface area contributed by atoms with E-state index in [4.69, 9.17) is 10.2 Å². The third-order valence-electron chi connectivity index (χ3n) is 1.12. The first-order valence-electron chi connectivity index (χ1n) is 3.07. The average molecular weight is 147 g/mol. The molecule has 0 aliphatic heterocycles. The van der Waals surface area contributed by atoms with Gasteiger partial charge < -0.3 is 15.1 Å². The standard InChI is InChI=1S/C6H13NO3/c1-7(2)6(10)3-5(9)4-8/h5,8-9H,3-4H2,1-2H3/t5-/m1/s1. The van der Waals surface area contributed by atoms with Gasteiger partial charge in [-0.1, -0.05) is 0 Å². The zero-order valence-corrected chi connectivity index (χ0v) is 6.24. The Labute approximate surface area is 60.1 Å². The van der Waals surface area contributed by atoms with Crippen molar-refractivity contribution in [1.82, 2.24) is 4.90 Å². The fraction of sp³-hybridized carbons (Fsp3) is 0.833. The Morgan fingerprint density at radius 1 is 1.60 bits per heavy atom. The zero-order valence-electron chi connectivity index (χ0n) is 6.24. The lowest BCUT2D eigenvalue weighted by molar-refractivity contribution is -0.131. The molecule has 0 aliphatic carbocycles. The van der Waals surface area contributed by atoms with Crippen LogP contribution >= 0.6 is 0 Å². The summed E-state index contributed by atoms with van der Waals surface area (Å²) in [6, 6.07) is 0. The molecule has 0 fully saturated rings. The second-order valence-corrected chi connectivity index (χ2v) is 2.33. The quantitative estimate of drug-likeness (QED) is 0.528. The second kappa shape index (κ2) is 4.24. The number of carbonyl (C=O) groups excluding carboxylic acids is 1. The summed E-state index contributed by atoms with van der Waals surface area (Å²) in [6.45, 7) is -0.362. The van der Waals surface area contributed by atoms with E-state index < -0.39 is 6.10 Å². The average Bonchev–Trinajstić information content (AvgIpc) is 1.87. The van der Waals surface area contributed by atoms with Crippen molar-refractivity contribution in [2.45, 2.75) is 12.5 Å². The minimum absolute atomic E-state index is 0.0104. The van der Waals surface area contributed by atoms with E-state index in [1.165, 1.54) is 4.90 Å². The molecule has 0 aromatic heterocycles. The lowest BCUT2D eigenvalue weighted by Crippen LogP contribution is -2.27. The molecule has 0 bridgehead atoms. The van der Waals surface area contributed by atoms with E-state index in [9.17, 15) is 4.79 Å². The fourth-order valence-corrected chi connectivity index (χ4v) is 0.449. The predicted octanol–water partition coefficient (Wildman–Crippen LogP) is -1.18. The molecule has 0 unspecified atom stereocenters. The molecule has 0 aromatic carbocycles. The largest absolute Gasteiger partial charge is 0.394 e. The highest BCUT2D eigenvalue weighted by molar-refractivity contribution is 5.75. The van der Waals surface area contributed by atoms with E-state index in [1.807, 2.05) is 0 Å². The molecule has 0 aliphatic rings. The Balaban J connectivity index is 3.57. The van der Waals surface area contributed by atoms with Crippen molar-refractivity contribution >= 4 is 5.91 Å². The summed E-state index contributed by atoms with van der Waals surface area (Å²) in [7, 11) is 3.21. The van der Waals surface area contributed by atoms with Gasteiger partial charge in [0.1, 0.15) is 0 Å². The van der Waals surface area contributed by atoms with Gasteiger partial charge in [0.15, 0.2) is 0 Å². The highest BCUT2D eigenvalue weighted by atomic mass is 16.3. The number of hydrogen-bond acceptors (Lipinski definition) is 3. The highest BCUT2D eigenvalue weighted by Gasteiger charge is 2.10. The lowest BCUT2D eigenvalue weighted by atomic mass is 10.2. The van der Waals surface area contributed by atoms with E-state index in [1.54, 1.807) is 14.1 Å². The first kappa shape index (κ1) is 9.39. The molecule has 0 heterocycles. The van der Waals surface area contributed by atoms with Crippen molar-refractivity contribution in [3.8, 4) is 0 Å². The molecule has 4 nitrogen and oxygen atoms in total. The Bertz CT molecular complexity index is 114. The van der Waals surface area contributed by atoms with Crippen LogP contribution in [0.1, 0.15) is 6.42 Å². The number of aliphatic hydroxyl groups excluding tert-OH is 2. The number of nitrogens with zero attached hydrogens (tertiary/aromatic N) is 1. The maximum Gasteiger partial charge on any atom is 0.224 e. The molecule has 0 radical (unpaired) electrons. The molecule has 60 valence electrons. The fourth-order valence-electron chi connectivity index (χ4n) is 0.449. The lowest BCUT2D eigenvalue weighted by Gasteiger charge is -2.11. The molecule has 1 amide bonds. The molecule has 0 spiro atoms. The van der Waals surface area contributed by atoms with E-state index in [-0.39, 0.29) is 18.9 Å². The Hall–Kier alpha value is -0.610. The first-order valence-corrected chi connectivity index (χ1v) is 3.07. The number of hydrogen-bond donors (Lipinski definition) is 2. The summed E-state index contributed by atoms with van der Waals surface area (Å²) >= 11 is 0. The number of amides is 1. The summed E-state index contributed by atoms with van der Waals surface area (Å²) in [5.74, 6) is -0.179. The van der Waals surface area contributed by atoms with Crippen LogP contribution in [0.2, 0.25) is 0 Å². The Kier molecular flexibility index (Phi) is 3.99. The van der Waals surface area contributed by atoms with Gasteiger partial charge in [-0.25, -0.2) is 0 Å². The van der Waals surface area contributed by atoms with E-state index in [0.717, 1.165) is 0 Å². The molecule has 0 rings (SSSR count). The topological polar surface area (TPSA) is 60.8 Å². The van der Waals surface area contributed by atoms with Crippen LogP contribution in [-0.2, 0) is 4.79 Å². The van der Waals surface area contributed by atoms with Gasteiger partial charge in [0.2, 0.25) is 5.91 Å². The first-order chi connectivity index (χ1) is 4.57. The van der Waals surface area contributed by atoms with Gasteiger partial charge in [0.05, 0.1) is 19.1 Å². The number of rotatable bonds is 3. The van der Waals surface area contributed by atoms with Crippen LogP contribution in [0.15, 0.2) is 0 Å². The highest BCUT2D eigenvalue weighted by Crippen LogP contribution is 1.92. The number of aliphatic hydroxyl groups is 2. The maximum atomic E-state index is 10.8. The van der Waals surface area contributed by atoms with Gasteiger partial charge in [-0.2, -0.15) is 0 Å². The van der Waals surface area contributed by atoms with E-state index in [0.29, 0.717) is 0 Å². The molecule has 2 N–H and O–H groups in total. The molecular weight excluding hydrogens is 134 g/mol. The molecule has 0 aromatic rings. The van der Waals surface area contributed by atoms with Crippen molar-refractivity contribution in [3.63, 3.8) is 0 Å². The van der Waals surface area contributed by atoms with Crippen LogP contribution in [-0.4, -0.2) is 47.8 Å². The molecular formula is C6H13NO3. The molecule has 0 saturated carbocycles. The molecule has 1 atom stereocenters. The van der Waals surface area contributed by atoms with Crippen LogP contribution in [0.3, 0.4) is 0 Å². The van der Waals surface area contributed by atoms with Gasteiger partial charge >= 0.3 is 0 Å². The van der Waals surface area contributed by atoms with Crippen LogP contribution in [0, 0.1) is 0 Å². The van der Waals surface area contributed by atoms with Crippen molar-refractivity contribution in [2.75, 3.05) is 20.7 Å². The summed E-state index contributed by atoms with van der Waals surface area (Å²) < 4.78 is 0. The van der Waals surface area contributed by atoms with Crippen molar-refractivity contribution in [2.24, 2.45) is 0 Å². The Morgan fingerprint density at radius 3 is 2.40 bits per heavy atom. The van der Waals surface area contributed by atoms with Crippen LogP contribution < -0.4 is 0 Å². The van der Waals surface area contributed by atoms with Gasteiger partial charge in [-0.05, 0) is 0 Å². The van der Waals surface area contributed by atoms with Gasteiger partial charge in [-0.15, -0.1) is 0 Å². The predicted molar refractivity (Wildman–Crippen MR) is 36.4 cm³/mol. The van der Waals surface area contributed by atoms with Crippen LogP contribution in [0.4, 0.5) is 0 Å². The van der Waals surface area contributed by atoms with Crippen LogP contribution in [0.25, 0.3) is 0 Å². The summed E-state index contributed by atoms with van der Waals surface area (Å²) in [6.07, 6.45) is -0.932. The van der Waals surface area contributed by atoms with Crippen molar-refractivity contribution in [3.05, 3.63) is 0 Å². The molecule has 0 saturated heterocycles.